The van der Waals surface area contributed by atoms with Crippen LogP contribution in [0.2, 0.25) is 0 Å². The molecule has 3 aromatic carbocycles. The van der Waals surface area contributed by atoms with Crippen molar-refractivity contribution in [3.8, 4) is 17.2 Å². The molecule has 3 aromatic rings. The molecule has 6 nitrogen and oxygen atoms in total. The zero-order valence-corrected chi connectivity index (χ0v) is 17.5. The molecule has 1 aliphatic rings. The molecule has 0 spiro atoms. The molecule has 0 atom stereocenters. The van der Waals surface area contributed by atoms with Crippen molar-refractivity contribution < 1.29 is 28.1 Å². The topological polar surface area (TPSA) is 66.3 Å². The molecule has 4 rings (SSSR count). The number of ether oxygens (including phenoxy) is 4. The van der Waals surface area contributed by atoms with Gasteiger partial charge in [0, 0.05) is 11.1 Å². The molecular formula is C25H20FNO5. The van der Waals surface area contributed by atoms with Crippen LogP contribution in [0.15, 0.2) is 77.4 Å². The third kappa shape index (κ3) is 4.62. The predicted octanol–water partition coefficient (Wildman–Crippen LogP) is 4.77. The Morgan fingerprint density at radius 2 is 1.81 bits per heavy atom. The standard InChI is InChI=1S/C25H20FNO5/c1-29-19-8-5-7-17(14-19)24-27-21(25(28)32-24)12-16-10-11-22(23(13-16)30-2)31-15-18-6-3-4-9-20(18)26/h3-14H,15H2,1-2H3. The lowest BCUT2D eigenvalue weighted by Gasteiger charge is -2.12. The summed E-state index contributed by atoms with van der Waals surface area (Å²) in [6.07, 6.45) is 1.60. The number of esters is 1. The van der Waals surface area contributed by atoms with Crippen molar-refractivity contribution in [1.29, 1.82) is 0 Å². The average molecular weight is 433 g/mol. The van der Waals surface area contributed by atoms with Crippen molar-refractivity contribution in [2.75, 3.05) is 14.2 Å². The van der Waals surface area contributed by atoms with Gasteiger partial charge in [0.05, 0.1) is 14.2 Å². The van der Waals surface area contributed by atoms with Crippen molar-refractivity contribution in [1.82, 2.24) is 0 Å². The summed E-state index contributed by atoms with van der Waals surface area (Å²) in [6, 6.07) is 18.6. The first-order chi connectivity index (χ1) is 15.6. The molecule has 162 valence electrons. The molecule has 0 bridgehead atoms. The van der Waals surface area contributed by atoms with Gasteiger partial charge in [-0.25, -0.2) is 14.2 Å². The number of methoxy groups -OCH3 is 2. The molecule has 0 fully saturated rings. The van der Waals surface area contributed by atoms with Gasteiger partial charge in [0.2, 0.25) is 5.90 Å². The maximum atomic E-state index is 13.8. The monoisotopic (exact) mass is 433 g/mol. The quantitative estimate of drug-likeness (QED) is 0.397. The van der Waals surface area contributed by atoms with E-state index in [0.717, 1.165) is 0 Å². The number of carbonyl (C=O) groups is 1. The first-order valence-corrected chi connectivity index (χ1v) is 9.78. The van der Waals surface area contributed by atoms with Crippen LogP contribution in [0.25, 0.3) is 6.08 Å². The van der Waals surface area contributed by atoms with Crippen molar-refractivity contribution in [2.24, 2.45) is 4.99 Å². The maximum Gasteiger partial charge on any atom is 0.363 e. The second kappa shape index (κ2) is 9.34. The molecule has 32 heavy (non-hydrogen) atoms. The third-order valence-corrected chi connectivity index (χ3v) is 4.77. The fraction of sp³-hybridized carbons (Fsp3) is 0.120. The van der Waals surface area contributed by atoms with Crippen LogP contribution in [0.1, 0.15) is 16.7 Å². The number of halogens is 1. The van der Waals surface area contributed by atoms with Crippen LogP contribution in [0, 0.1) is 5.82 Å². The van der Waals surface area contributed by atoms with Crippen molar-refractivity contribution in [2.45, 2.75) is 6.61 Å². The van der Waals surface area contributed by atoms with Crippen LogP contribution in [-0.2, 0) is 16.1 Å². The van der Waals surface area contributed by atoms with E-state index in [0.29, 0.717) is 33.9 Å². The van der Waals surface area contributed by atoms with Gasteiger partial charge in [-0.2, -0.15) is 0 Å². The zero-order chi connectivity index (χ0) is 22.5. The van der Waals surface area contributed by atoms with E-state index in [1.165, 1.54) is 13.2 Å². The highest BCUT2D eigenvalue weighted by Crippen LogP contribution is 2.31. The van der Waals surface area contributed by atoms with Gasteiger partial charge in [-0.1, -0.05) is 30.3 Å². The Bertz CT molecular complexity index is 1220. The molecule has 0 saturated carbocycles. The van der Waals surface area contributed by atoms with E-state index >= 15 is 0 Å². The summed E-state index contributed by atoms with van der Waals surface area (Å²) in [5.74, 6) is 0.844. The maximum absolute atomic E-state index is 13.8. The normalized spacial score (nSPS) is 14.2. The Kier molecular flexibility index (Phi) is 6.17. The molecule has 0 unspecified atom stereocenters. The summed E-state index contributed by atoms with van der Waals surface area (Å²) in [7, 11) is 3.06. The number of rotatable bonds is 7. The zero-order valence-electron chi connectivity index (χ0n) is 17.5. The second-order valence-corrected chi connectivity index (χ2v) is 6.86. The average Bonchev–Trinajstić information content (AvgIpc) is 3.19. The van der Waals surface area contributed by atoms with Gasteiger partial charge in [-0.3, -0.25) is 0 Å². The SMILES string of the molecule is COc1cccc(C2=NC(=Cc3ccc(OCc4ccccc4F)c(OC)c3)C(=O)O2)c1. The molecule has 1 aliphatic heterocycles. The number of nitrogens with zero attached hydrogens (tertiary/aromatic N) is 1. The van der Waals surface area contributed by atoms with E-state index in [4.69, 9.17) is 18.9 Å². The highest BCUT2D eigenvalue weighted by Gasteiger charge is 2.24. The number of aliphatic imine (C=N–C) groups is 1. The molecule has 1 heterocycles. The summed E-state index contributed by atoms with van der Waals surface area (Å²) in [4.78, 5) is 16.6. The summed E-state index contributed by atoms with van der Waals surface area (Å²) in [5.41, 5.74) is 1.90. The lowest BCUT2D eigenvalue weighted by atomic mass is 10.1. The lowest BCUT2D eigenvalue weighted by Crippen LogP contribution is -2.05. The fourth-order valence-corrected chi connectivity index (χ4v) is 3.11. The van der Waals surface area contributed by atoms with Crippen molar-refractivity contribution >= 4 is 17.9 Å². The second-order valence-electron chi connectivity index (χ2n) is 6.86. The highest BCUT2D eigenvalue weighted by molar-refractivity contribution is 6.13. The minimum absolute atomic E-state index is 0.0595. The van der Waals surface area contributed by atoms with Gasteiger partial charge in [0.1, 0.15) is 18.2 Å². The highest BCUT2D eigenvalue weighted by atomic mass is 19.1. The summed E-state index contributed by atoms with van der Waals surface area (Å²) in [6.45, 7) is 0.0595. The molecule has 0 saturated heterocycles. The molecule has 7 heteroatoms. The van der Waals surface area contributed by atoms with Gasteiger partial charge in [0.15, 0.2) is 17.2 Å². The fourth-order valence-electron chi connectivity index (χ4n) is 3.11. The minimum atomic E-state index is -0.554. The van der Waals surface area contributed by atoms with E-state index in [1.807, 2.05) is 0 Å². The van der Waals surface area contributed by atoms with Crippen LogP contribution in [0.4, 0.5) is 4.39 Å². The Labute approximate surface area is 184 Å². The first kappa shape index (κ1) is 21.1. The number of carbonyl (C=O) groups excluding carboxylic acids is 1. The van der Waals surface area contributed by atoms with Crippen molar-refractivity contribution in [3.05, 3.63) is 94.9 Å². The summed E-state index contributed by atoms with van der Waals surface area (Å²) < 4.78 is 35.4. The smallest absolute Gasteiger partial charge is 0.363 e. The van der Waals surface area contributed by atoms with E-state index < -0.39 is 5.97 Å². The minimum Gasteiger partial charge on any atom is -0.497 e. The van der Waals surface area contributed by atoms with Gasteiger partial charge in [-0.15, -0.1) is 0 Å². The molecular weight excluding hydrogens is 413 g/mol. The molecule has 0 amide bonds. The van der Waals surface area contributed by atoms with Gasteiger partial charge < -0.3 is 18.9 Å². The van der Waals surface area contributed by atoms with Gasteiger partial charge >= 0.3 is 5.97 Å². The van der Waals surface area contributed by atoms with E-state index in [9.17, 15) is 9.18 Å². The predicted molar refractivity (Wildman–Crippen MR) is 117 cm³/mol. The first-order valence-electron chi connectivity index (χ1n) is 9.78. The van der Waals surface area contributed by atoms with Crippen molar-refractivity contribution in [3.63, 3.8) is 0 Å². The molecule has 0 aliphatic carbocycles. The van der Waals surface area contributed by atoms with Gasteiger partial charge in [-0.05, 0) is 48.0 Å². The van der Waals surface area contributed by atoms with Crippen LogP contribution >= 0.6 is 0 Å². The third-order valence-electron chi connectivity index (χ3n) is 4.77. The molecule has 0 N–H and O–H groups in total. The Morgan fingerprint density at radius 1 is 0.969 bits per heavy atom. The van der Waals surface area contributed by atoms with Crippen LogP contribution in [0.3, 0.4) is 0 Å². The van der Waals surface area contributed by atoms with Gasteiger partial charge in [0.25, 0.3) is 0 Å². The number of benzene rings is 3. The number of hydrogen-bond donors (Lipinski definition) is 0. The van der Waals surface area contributed by atoms with Crippen LogP contribution in [-0.4, -0.2) is 26.1 Å². The lowest BCUT2D eigenvalue weighted by molar-refractivity contribution is -0.129. The molecule has 0 aromatic heterocycles. The number of hydrogen-bond acceptors (Lipinski definition) is 6. The van der Waals surface area contributed by atoms with Crippen LogP contribution in [0.5, 0.6) is 17.2 Å². The number of cyclic esters (lactones) is 1. The largest absolute Gasteiger partial charge is 0.497 e. The Balaban J connectivity index is 1.55. The Hall–Kier alpha value is -4.13. The summed E-state index contributed by atoms with van der Waals surface area (Å²) >= 11 is 0. The van der Waals surface area contributed by atoms with E-state index in [1.54, 1.807) is 73.8 Å². The Morgan fingerprint density at radius 3 is 2.59 bits per heavy atom. The summed E-state index contributed by atoms with van der Waals surface area (Å²) in [5, 5.41) is 0. The van der Waals surface area contributed by atoms with E-state index in [2.05, 4.69) is 4.99 Å². The van der Waals surface area contributed by atoms with Crippen LogP contribution < -0.4 is 14.2 Å². The van der Waals surface area contributed by atoms with E-state index in [-0.39, 0.29) is 24.0 Å². The molecule has 0 radical (unpaired) electrons.